The van der Waals surface area contributed by atoms with Gasteiger partial charge in [0, 0.05) is 13.0 Å². The topological polar surface area (TPSA) is 304 Å². The van der Waals surface area contributed by atoms with Gasteiger partial charge in [-0.25, -0.2) is 4.79 Å². The Labute approximate surface area is 254 Å². The lowest BCUT2D eigenvalue weighted by atomic mass is 10.1. The van der Waals surface area contributed by atoms with Crippen molar-refractivity contribution in [2.75, 3.05) is 19.7 Å². The second kappa shape index (κ2) is 18.7. The van der Waals surface area contributed by atoms with Crippen LogP contribution >= 0.6 is 0 Å². The molecule has 18 nitrogen and oxygen atoms in total. The fraction of sp³-hybridized carbons (Fsp3) is 0.731. The molecule has 12 N–H and O–H groups in total. The lowest BCUT2D eigenvalue weighted by molar-refractivity contribution is -0.144. The maximum Gasteiger partial charge on any atom is 0.326 e. The molecule has 250 valence electrons. The summed E-state index contributed by atoms with van der Waals surface area (Å²) in [5.74, 6) is -6.78. The molecular formula is C26H45N7O11. The average molecular weight is 632 g/mol. The third-order valence-corrected chi connectivity index (χ3v) is 7.05. The van der Waals surface area contributed by atoms with Crippen LogP contribution in [0, 0.1) is 0 Å². The van der Waals surface area contributed by atoms with Crippen LogP contribution in [-0.4, -0.2) is 129 Å². The van der Waals surface area contributed by atoms with Crippen LogP contribution in [0.15, 0.2) is 0 Å². The molecule has 0 unspecified atom stereocenters. The van der Waals surface area contributed by atoms with Crippen molar-refractivity contribution in [1.82, 2.24) is 26.2 Å². The minimum atomic E-state index is -1.63. The van der Waals surface area contributed by atoms with E-state index in [-0.39, 0.29) is 13.0 Å². The van der Waals surface area contributed by atoms with E-state index < -0.39 is 103 Å². The van der Waals surface area contributed by atoms with Gasteiger partial charge in [0.25, 0.3) is 0 Å². The second-order valence-electron chi connectivity index (χ2n) is 10.6. The largest absolute Gasteiger partial charge is 0.481 e. The van der Waals surface area contributed by atoms with Crippen LogP contribution in [-0.2, 0) is 33.6 Å². The monoisotopic (exact) mass is 631 g/mol. The van der Waals surface area contributed by atoms with Crippen molar-refractivity contribution in [3.05, 3.63) is 0 Å². The fourth-order valence-corrected chi connectivity index (χ4v) is 4.40. The van der Waals surface area contributed by atoms with Gasteiger partial charge in [-0.1, -0.05) is 0 Å². The lowest BCUT2D eigenvalue weighted by Gasteiger charge is -2.29. The number of carbonyl (C=O) groups is 7. The van der Waals surface area contributed by atoms with Crippen molar-refractivity contribution < 1.29 is 54.0 Å². The maximum absolute atomic E-state index is 13.1. The molecule has 1 saturated heterocycles. The smallest absolute Gasteiger partial charge is 0.326 e. The number of nitrogens with zero attached hydrogens (tertiary/aromatic N) is 1. The third kappa shape index (κ3) is 12.0. The van der Waals surface area contributed by atoms with Gasteiger partial charge in [-0.2, -0.15) is 0 Å². The first-order valence-corrected chi connectivity index (χ1v) is 14.4. The van der Waals surface area contributed by atoms with Gasteiger partial charge in [0.1, 0.15) is 36.3 Å². The summed E-state index contributed by atoms with van der Waals surface area (Å²) in [6, 6.07) is -7.77. The summed E-state index contributed by atoms with van der Waals surface area (Å²) in [4.78, 5) is 87.6. The van der Waals surface area contributed by atoms with Crippen LogP contribution in [0.5, 0.6) is 0 Å². The Morgan fingerprint density at radius 3 is 2.00 bits per heavy atom. The predicted molar refractivity (Wildman–Crippen MR) is 152 cm³/mol. The van der Waals surface area contributed by atoms with E-state index in [1.807, 2.05) is 0 Å². The summed E-state index contributed by atoms with van der Waals surface area (Å²) in [7, 11) is 0. The molecule has 0 aliphatic carbocycles. The molecule has 0 radical (unpaired) electrons. The number of hydrogen-bond acceptors (Lipinski definition) is 11. The van der Waals surface area contributed by atoms with Gasteiger partial charge in [-0.3, -0.25) is 28.8 Å². The molecule has 0 spiro atoms. The summed E-state index contributed by atoms with van der Waals surface area (Å²) in [5.41, 5.74) is 11.3. The molecular weight excluding hydrogens is 586 g/mol. The number of carboxylic acid groups (broad SMARTS) is 2. The Hall–Kier alpha value is -3.87. The van der Waals surface area contributed by atoms with E-state index in [1.54, 1.807) is 0 Å². The number of carbonyl (C=O) groups excluding carboxylic acids is 5. The Bertz CT molecular complexity index is 1040. The predicted octanol–water partition coefficient (Wildman–Crippen LogP) is -4.28. The van der Waals surface area contributed by atoms with Crippen LogP contribution in [0.3, 0.4) is 0 Å². The van der Waals surface area contributed by atoms with Crippen LogP contribution in [0.4, 0.5) is 0 Å². The van der Waals surface area contributed by atoms with Crippen molar-refractivity contribution in [3.8, 4) is 0 Å². The number of likely N-dealkylation sites (tertiary alicyclic amines) is 1. The number of amides is 5. The summed E-state index contributed by atoms with van der Waals surface area (Å²) >= 11 is 0. The highest BCUT2D eigenvalue weighted by Gasteiger charge is 2.38. The molecule has 7 atom stereocenters. The number of nitrogens with one attached hydrogen (secondary N) is 4. The number of aliphatic hydroxyl groups excluding tert-OH is 2. The SMILES string of the molecule is C[C@H](NC(=O)[C@@H]1CCCN1C(=O)[C@@H](N)[C@@H](C)O)C(=O)N[C@@H](CCCCN)C(=O)N[C@@H](CO)C(=O)N[C@@H](CCC(=O)O)C(=O)O. The standard InChI is InChI=1S/C26H45N7O11/c1-13(29-24(41)18-7-5-11-33(18)25(42)20(28)14(2)35)21(38)30-15(6-3-4-10-27)22(39)32-17(12-34)23(40)31-16(26(43)44)8-9-19(36)37/h13-18,20,34-35H,3-12,27-28H2,1-2H3,(H,29,41)(H,30,38)(H,31,40)(H,32,39)(H,36,37)(H,43,44)/t13-,14+,15-,16-,17-,18-,20-/m0/s1. The number of aliphatic carboxylic acids is 2. The van der Waals surface area contributed by atoms with Gasteiger partial charge < -0.3 is 58.1 Å². The minimum absolute atomic E-state index is 0.0632. The quantitative estimate of drug-likeness (QED) is 0.0604. The average Bonchev–Trinajstić information content (AvgIpc) is 3.46. The number of unbranched alkanes of at least 4 members (excludes halogenated alkanes) is 1. The van der Waals surface area contributed by atoms with E-state index >= 15 is 0 Å². The number of nitrogens with two attached hydrogens (primary N) is 2. The van der Waals surface area contributed by atoms with E-state index in [4.69, 9.17) is 16.6 Å². The van der Waals surface area contributed by atoms with E-state index in [0.29, 0.717) is 32.2 Å². The first-order chi connectivity index (χ1) is 20.6. The molecule has 44 heavy (non-hydrogen) atoms. The molecule has 0 aromatic rings. The van der Waals surface area contributed by atoms with E-state index in [0.717, 1.165) is 0 Å². The van der Waals surface area contributed by atoms with Crippen LogP contribution in [0.1, 0.15) is 58.8 Å². The first-order valence-electron chi connectivity index (χ1n) is 14.4. The molecule has 0 saturated carbocycles. The van der Waals surface area contributed by atoms with Crippen molar-refractivity contribution in [2.24, 2.45) is 11.5 Å². The summed E-state index contributed by atoms with van der Waals surface area (Å²) < 4.78 is 0. The summed E-state index contributed by atoms with van der Waals surface area (Å²) in [6.45, 7) is 2.31. The highest BCUT2D eigenvalue weighted by molar-refractivity contribution is 5.96. The molecule has 1 heterocycles. The van der Waals surface area contributed by atoms with E-state index in [1.165, 1.54) is 18.7 Å². The first kappa shape index (κ1) is 38.2. The number of rotatable bonds is 19. The van der Waals surface area contributed by atoms with Crippen LogP contribution < -0.4 is 32.7 Å². The molecule has 1 rings (SSSR count). The zero-order valence-electron chi connectivity index (χ0n) is 24.9. The minimum Gasteiger partial charge on any atom is -0.481 e. The zero-order chi connectivity index (χ0) is 33.6. The van der Waals surface area contributed by atoms with Gasteiger partial charge in [-0.05, 0) is 58.9 Å². The van der Waals surface area contributed by atoms with Crippen molar-refractivity contribution in [1.29, 1.82) is 0 Å². The zero-order valence-corrected chi connectivity index (χ0v) is 24.9. The van der Waals surface area contributed by atoms with Crippen molar-refractivity contribution in [3.63, 3.8) is 0 Å². The molecule has 18 heteroatoms. The van der Waals surface area contributed by atoms with Gasteiger partial charge in [0.2, 0.25) is 29.5 Å². The van der Waals surface area contributed by atoms with Gasteiger partial charge in [0.05, 0.1) is 12.7 Å². The highest BCUT2D eigenvalue weighted by atomic mass is 16.4. The Morgan fingerprint density at radius 1 is 0.864 bits per heavy atom. The Kier molecular flexibility index (Phi) is 16.2. The van der Waals surface area contributed by atoms with Gasteiger partial charge >= 0.3 is 11.9 Å². The number of hydrogen-bond donors (Lipinski definition) is 10. The molecule has 0 bridgehead atoms. The molecule has 5 amide bonds. The van der Waals surface area contributed by atoms with Crippen LogP contribution in [0.2, 0.25) is 0 Å². The van der Waals surface area contributed by atoms with Crippen LogP contribution in [0.25, 0.3) is 0 Å². The Balaban J connectivity index is 2.91. The third-order valence-electron chi connectivity index (χ3n) is 7.05. The highest BCUT2D eigenvalue weighted by Crippen LogP contribution is 2.19. The maximum atomic E-state index is 13.1. The summed E-state index contributed by atoms with van der Waals surface area (Å²) in [5, 5.41) is 46.7. The number of aliphatic hydroxyl groups is 2. The second-order valence-corrected chi connectivity index (χ2v) is 10.6. The molecule has 0 aromatic carbocycles. The van der Waals surface area contributed by atoms with Gasteiger partial charge in [-0.15, -0.1) is 0 Å². The normalized spacial score (nSPS) is 18.6. The number of carboxylic acids is 2. The van der Waals surface area contributed by atoms with E-state index in [9.17, 15) is 48.9 Å². The molecule has 0 aromatic heterocycles. The van der Waals surface area contributed by atoms with Crippen molar-refractivity contribution in [2.45, 2.75) is 101 Å². The Morgan fingerprint density at radius 2 is 1.45 bits per heavy atom. The van der Waals surface area contributed by atoms with Gasteiger partial charge in [0.15, 0.2) is 0 Å². The molecule has 1 aliphatic heterocycles. The molecule has 1 aliphatic rings. The molecule has 1 fully saturated rings. The summed E-state index contributed by atoms with van der Waals surface area (Å²) in [6.07, 6.45) is -0.381. The van der Waals surface area contributed by atoms with Crippen molar-refractivity contribution >= 4 is 41.5 Å². The fourth-order valence-electron chi connectivity index (χ4n) is 4.40. The lowest BCUT2D eigenvalue weighted by Crippen LogP contribution is -2.59. The van der Waals surface area contributed by atoms with E-state index in [2.05, 4.69) is 21.3 Å².